The number of carbonyl (C=O) groups is 1. The van der Waals surface area contributed by atoms with E-state index in [4.69, 9.17) is 0 Å². The highest BCUT2D eigenvalue weighted by molar-refractivity contribution is 7.91. The predicted molar refractivity (Wildman–Crippen MR) is 55.3 cm³/mol. The van der Waals surface area contributed by atoms with Gasteiger partial charge in [-0.15, -0.1) is 11.3 Å². The van der Waals surface area contributed by atoms with Crippen LogP contribution in [0.2, 0.25) is 0 Å². The number of aryl methyl sites for hydroxylation is 1. The minimum absolute atomic E-state index is 0.117. The zero-order valence-corrected chi connectivity index (χ0v) is 9.61. The van der Waals surface area contributed by atoms with Gasteiger partial charge in [0.1, 0.15) is 10.8 Å². The largest absolute Gasteiger partial charge is 0.298 e. The van der Waals surface area contributed by atoms with Crippen LogP contribution in [0.15, 0.2) is 5.38 Å². The van der Waals surface area contributed by atoms with Gasteiger partial charge in [0.05, 0.1) is 6.42 Å². The van der Waals surface area contributed by atoms with Crippen LogP contribution in [-0.4, -0.2) is 31.2 Å². The second-order valence-electron chi connectivity index (χ2n) is 3.17. The number of sulfone groups is 1. The summed E-state index contributed by atoms with van der Waals surface area (Å²) in [6.45, 7) is 1.83. The fourth-order valence-corrected chi connectivity index (χ4v) is 2.48. The molecule has 1 rings (SSSR count). The first-order valence-corrected chi connectivity index (χ1v) is 6.91. The van der Waals surface area contributed by atoms with E-state index in [0.717, 1.165) is 11.9 Å². The van der Waals surface area contributed by atoms with Gasteiger partial charge in [0.25, 0.3) is 0 Å². The number of hydrogen-bond donors (Lipinski definition) is 0. The molecule has 0 fully saturated rings. The zero-order chi connectivity index (χ0) is 10.8. The van der Waals surface area contributed by atoms with Crippen molar-refractivity contribution in [1.29, 1.82) is 0 Å². The van der Waals surface area contributed by atoms with Crippen LogP contribution in [0.3, 0.4) is 0 Å². The van der Waals surface area contributed by atoms with Crippen LogP contribution in [0, 0.1) is 6.92 Å². The third-order valence-corrected chi connectivity index (χ3v) is 3.25. The molecule has 6 heteroatoms. The highest BCUT2D eigenvalue weighted by atomic mass is 32.2. The van der Waals surface area contributed by atoms with Gasteiger partial charge in [0.15, 0.2) is 15.6 Å². The van der Waals surface area contributed by atoms with Gasteiger partial charge < -0.3 is 0 Å². The first-order chi connectivity index (χ1) is 6.37. The first-order valence-electron chi connectivity index (χ1n) is 3.97. The lowest BCUT2D eigenvalue weighted by atomic mass is 10.3. The molecular weight excluding hydrogens is 222 g/mol. The third-order valence-electron chi connectivity index (χ3n) is 1.44. The van der Waals surface area contributed by atoms with Gasteiger partial charge in [-0.05, 0) is 6.92 Å². The molecule has 0 bridgehead atoms. The number of hydrogen-bond acceptors (Lipinski definition) is 5. The number of carbonyl (C=O) groups excluding carboxylic acids is 1. The lowest BCUT2D eigenvalue weighted by Crippen LogP contribution is -2.16. The smallest absolute Gasteiger partial charge is 0.154 e. The Morgan fingerprint density at radius 3 is 2.64 bits per heavy atom. The van der Waals surface area contributed by atoms with E-state index in [-0.39, 0.29) is 12.2 Å². The summed E-state index contributed by atoms with van der Waals surface area (Å²) < 4.78 is 21.6. The van der Waals surface area contributed by atoms with Crippen molar-refractivity contribution >= 4 is 27.0 Å². The van der Waals surface area contributed by atoms with E-state index in [1.165, 1.54) is 11.3 Å². The highest BCUT2D eigenvalue weighted by Gasteiger charge is 2.12. The Morgan fingerprint density at radius 1 is 1.57 bits per heavy atom. The van der Waals surface area contributed by atoms with E-state index in [9.17, 15) is 13.2 Å². The molecule has 0 aliphatic rings. The van der Waals surface area contributed by atoms with Gasteiger partial charge in [-0.3, -0.25) is 4.79 Å². The zero-order valence-electron chi connectivity index (χ0n) is 7.98. The lowest BCUT2D eigenvalue weighted by molar-refractivity contribution is -0.116. The SMILES string of the molecule is Cc1csc(CC(=O)CS(C)(=O)=O)n1. The lowest BCUT2D eigenvalue weighted by Gasteiger charge is -1.95. The number of aromatic nitrogens is 1. The molecule has 14 heavy (non-hydrogen) atoms. The summed E-state index contributed by atoms with van der Waals surface area (Å²) in [5.41, 5.74) is 0.858. The van der Waals surface area contributed by atoms with Crippen LogP contribution < -0.4 is 0 Å². The van der Waals surface area contributed by atoms with Crippen LogP contribution in [0.25, 0.3) is 0 Å². The van der Waals surface area contributed by atoms with Crippen molar-refractivity contribution in [3.05, 3.63) is 16.1 Å². The van der Waals surface area contributed by atoms with E-state index in [1.54, 1.807) is 0 Å². The van der Waals surface area contributed by atoms with Crippen LogP contribution in [0.1, 0.15) is 10.7 Å². The molecule has 0 aliphatic heterocycles. The molecule has 1 heterocycles. The van der Waals surface area contributed by atoms with Gasteiger partial charge in [0, 0.05) is 17.3 Å². The molecule has 0 saturated heterocycles. The van der Waals surface area contributed by atoms with Crippen molar-refractivity contribution < 1.29 is 13.2 Å². The van der Waals surface area contributed by atoms with Crippen molar-refractivity contribution in [2.75, 3.05) is 12.0 Å². The van der Waals surface area contributed by atoms with Crippen molar-refractivity contribution in [3.8, 4) is 0 Å². The van der Waals surface area contributed by atoms with Gasteiger partial charge >= 0.3 is 0 Å². The Kier molecular flexibility index (Phi) is 3.38. The molecular formula is C8H11NO3S2. The average molecular weight is 233 g/mol. The quantitative estimate of drug-likeness (QED) is 0.764. The number of Topliss-reactive ketones (excluding diaryl/α,β-unsaturated/α-hetero) is 1. The van der Waals surface area contributed by atoms with E-state index >= 15 is 0 Å². The Morgan fingerprint density at radius 2 is 2.21 bits per heavy atom. The predicted octanol–water partition coefficient (Wildman–Crippen LogP) is 0.608. The summed E-state index contributed by atoms with van der Waals surface area (Å²) in [5, 5.41) is 2.51. The summed E-state index contributed by atoms with van der Waals surface area (Å²) in [6.07, 6.45) is 1.17. The first kappa shape index (κ1) is 11.3. The maximum atomic E-state index is 11.2. The number of rotatable bonds is 4. The van der Waals surface area contributed by atoms with Crippen molar-refractivity contribution in [1.82, 2.24) is 4.98 Å². The summed E-state index contributed by atoms with van der Waals surface area (Å²) >= 11 is 1.38. The molecule has 4 nitrogen and oxygen atoms in total. The van der Waals surface area contributed by atoms with Crippen LogP contribution in [0.5, 0.6) is 0 Å². The summed E-state index contributed by atoms with van der Waals surface area (Å²) in [5.74, 6) is -0.701. The maximum absolute atomic E-state index is 11.2. The van der Waals surface area contributed by atoms with Crippen LogP contribution >= 0.6 is 11.3 Å². The topological polar surface area (TPSA) is 64.1 Å². The van der Waals surface area contributed by atoms with Gasteiger partial charge in [-0.25, -0.2) is 13.4 Å². The summed E-state index contributed by atoms with van der Waals surface area (Å²) in [6, 6.07) is 0. The molecule has 0 aliphatic carbocycles. The average Bonchev–Trinajstić information content (AvgIpc) is 2.30. The van der Waals surface area contributed by atoms with Crippen molar-refractivity contribution in [2.45, 2.75) is 13.3 Å². The second kappa shape index (κ2) is 4.18. The standard InChI is InChI=1S/C8H11NO3S2/c1-6-4-13-8(9-6)3-7(10)5-14(2,11)12/h4H,3,5H2,1-2H3. The molecule has 0 atom stereocenters. The molecule has 0 N–H and O–H groups in total. The Labute approximate surface area is 86.9 Å². The third kappa shape index (κ3) is 3.97. The van der Waals surface area contributed by atoms with Crippen molar-refractivity contribution in [2.24, 2.45) is 0 Å². The fourth-order valence-electron chi connectivity index (χ4n) is 0.996. The molecule has 0 spiro atoms. The van der Waals surface area contributed by atoms with Gasteiger partial charge in [-0.2, -0.15) is 0 Å². The van der Waals surface area contributed by atoms with Gasteiger partial charge in [0.2, 0.25) is 0 Å². The van der Waals surface area contributed by atoms with E-state index in [2.05, 4.69) is 4.98 Å². The molecule has 0 amide bonds. The monoisotopic (exact) mass is 233 g/mol. The summed E-state index contributed by atoms with van der Waals surface area (Å²) in [7, 11) is -3.21. The minimum Gasteiger partial charge on any atom is -0.298 e. The van der Waals surface area contributed by atoms with E-state index < -0.39 is 15.6 Å². The Balaban J connectivity index is 2.58. The normalized spacial score (nSPS) is 11.6. The number of nitrogens with zero attached hydrogens (tertiary/aromatic N) is 1. The second-order valence-corrected chi connectivity index (χ2v) is 6.25. The Bertz CT molecular complexity index is 433. The highest BCUT2D eigenvalue weighted by Crippen LogP contribution is 2.09. The number of thiazole rings is 1. The van der Waals surface area contributed by atoms with Crippen molar-refractivity contribution in [3.63, 3.8) is 0 Å². The molecule has 1 aromatic rings. The molecule has 78 valence electrons. The maximum Gasteiger partial charge on any atom is 0.154 e. The number of ketones is 1. The fraction of sp³-hybridized carbons (Fsp3) is 0.500. The minimum atomic E-state index is -3.21. The molecule has 0 unspecified atom stereocenters. The molecule has 1 aromatic heterocycles. The molecule has 0 saturated carbocycles. The summed E-state index contributed by atoms with van der Waals surface area (Å²) in [4.78, 5) is 15.3. The molecule has 0 aromatic carbocycles. The Hall–Kier alpha value is -0.750. The van der Waals surface area contributed by atoms with E-state index in [0.29, 0.717) is 5.01 Å². The van der Waals surface area contributed by atoms with Crippen LogP contribution in [-0.2, 0) is 21.1 Å². The van der Waals surface area contributed by atoms with Gasteiger partial charge in [-0.1, -0.05) is 0 Å². The van der Waals surface area contributed by atoms with E-state index in [1.807, 2.05) is 12.3 Å². The molecule has 0 radical (unpaired) electrons. The van der Waals surface area contributed by atoms with Crippen LogP contribution in [0.4, 0.5) is 0 Å².